The molecule has 0 fully saturated rings. The van der Waals surface area contributed by atoms with Crippen molar-refractivity contribution in [1.29, 1.82) is 0 Å². The van der Waals surface area contributed by atoms with Crippen LogP contribution in [0, 0.1) is 0 Å². The molecule has 17 heteroatoms. The van der Waals surface area contributed by atoms with Crippen molar-refractivity contribution in [3.05, 3.63) is 66.7 Å². The predicted molar refractivity (Wildman–Crippen MR) is 155 cm³/mol. The summed E-state index contributed by atoms with van der Waals surface area (Å²) in [5.41, 5.74) is 0.879. The minimum absolute atomic E-state index is 0.0115. The number of aliphatic hydroxyl groups excluding tert-OH is 2. The molecule has 2 unspecified atom stereocenters. The maximum atomic E-state index is 10.9. The first-order valence-electron chi connectivity index (χ1n) is 12.7. The number of hydrogen-bond acceptors (Lipinski definition) is 13. The van der Waals surface area contributed by atoms with Gasteiger partial charge in [0, 0.05) is 17.7 Å². The van der Waals surface area contributed by atoms with Gasteiger partial charge < -0.3 is 29.9 Å². The number of ether oxygens (including phenoxy) is 2. The first-order valence-corrected chi connectivity index (χ1v) is 15.9. The first-order chi connectivity index (χ1) is 20.7. The van der Waals surface area contributed by atoms with Gasteiger partial charge in [-0.2, -0.15) is 16.8 Å². The average molecular weight is 650 g/mol. The number of aliphatic hydroxyl groups is 2. The number of phenolic OH excluding ortho intramolecular Hbond substituents is 2. The van der Waals surface area contributed by atoms with Gasteiger partial charge in [0.1, 0.15) is 59.9 Å². The fourth-order valence-corrected chi connectivity index (χ4v) is 5.05. The van der Waals surface area contributed by atoms with Gasteiger partial charge in [0.05, 0.1) is 11.1 Å². The van der Waals surface area contributed by atoms with Crippen LogP contribution in [0.3, 0.4) is 0 Å². The smallest absolute Gasteiger partial charge is 0.267 e. The second-order valence-electron chi connectivity index (χ2n) is 9.46. The summed E-state index contributed by atoms with van der Waals surface area (Å²) in [6.45, 7) is -0.962. The van der Waals surface area contributed by atoms with Crippen LogP contribution in [0.25, 0.3) is 34.2 Å². The van der Waals surface area contributed by atoms with E-state index in [1.165, 1.54) is 36.4 Å². The summed E-state index contributed by atoms with van der Waals surface area (Å²) in [5, 5.41) is 41.0. The molecule has 44 heavy (non-hydrogen) atoms. The van der Waals surface area contributed by atoms with Crippen molar-refractivity contribution in [3.8, 4) is 57.2 Å². The lowest BCUT2D eigenvalue weighted by atomic mass is 10.1. The fourth-order valence-electron chi connectivity index (χ4n) is 3.88. The molecule has 0 bridgehead atoms. The number of nitrogens with zero attached hydrogens (tertiary/aromatic N) is 3. The Balaban J connectivity index is 1.64. The Morgan fingerprint density at radius 2 is 1.02 bits per heavy atom. The fraction of sp³-hybridized carbons (Fsp3) is 0.222. The van der Waals surface area contributed by atoms with Crippen molar-refractivity contribution >= 4 is 20.2 Å². The Morgan fingerprint density at radius 3 is 1.41 bits per heavy atom. The van der Waals surface area contributed by atoms with E-state index in [0.29, 0.717) is 5.56 Å². The van der Waals surface area contributed by atoms with E-state index in [4.69, 9.17) is 18.6 Å². The Labute approximate surface area is 251 Å². The third-order valence-electron chi connectivity index (χ3n) is 5.78. The zero-order valence-corrected chi connectivity index (χ0v) is 24.3. The normalized spacial score (nSPS) is 13.3. The lowest BCUT2D eigenvalue weighted by Gasteiger charge is -2.14. The lowest BCUT2D eigenvalue weighted by Crippen LogP contribution is -2.26. The van der Waals surface area contributed by atoms with Crippen LogP contribution in [0.5, 0.6) is 23.0 Å². The molecular weight excluding hydrogens is 622 g/mol. The van der Waals surface area contributed by atoms with Crippen molar-refractivity contribution in [2.45, 2.75) is 12.2 Å². The Hall–Kier alpha value is -4.39. The van der Waals surface area contributed by atoms with E-state index in [0.717, 1.165) is 0 Å². The molecule has 1 aromatic heterocycles. The molecule has 0 saturated heterocycles. The van der Waals surface area contributed by atoms with E-state index < -0.39 is 57.2 Å². The topological polar surface area (TPSA) is 247 Å². The number of benzene rings is 3. The van der Waals surface area contributed by atoms with Crippen molar-refractivity contribution in [1.82, 2.24) is 15.0 Å². The number of hydrogen-bond donors (Lipinski definition) is 6. The van der Waals surface area contributed by atoms with E-state index in [-0.39, 0.29) is 51.6 Å². The molecule has 0 amide bonds. The Kier molecular flexibility index (Phi) is 9.98. The highest BCUT2D eigenvalue weighted by Crippen LogP contribution is 2.35. The van der Waals surface area contributed by atoms with Crippen molar-refractivity contribution in [2.75, 3.05) is 24.7 Å². The number of phenols is 2. The number of aromatic hydroxyl groups is 2. The molecule has 0 radical (unpaired) electrons. The van der Waals surface area contributed by atoms with E-state index in [1.54, 1.807) is 30.3 Å². The predicted octanol–water partition coefficient (Wildman–Crippen LogP) is 1.54. The molecule has 4 aromatic rings. The summed E-state index contributed by atoms with van der Waals surface area (Å²) in [6, 6.07) is 16.9. The Morgan fingerprint density at radius 1 is 0.614 bits per heavy atom. The van der Waals surface area contributed by atoms with E-state index in [1.807, 2.05) is 0 Å². The molecule has 0 aliphatic rings. The van der Waals surface area contributed by atoms with Crippen molar-refractivity contribution < 1.29 is 55.8 Å². The third-order valence-corrected chi connectivity index (χ3v) is 7.39. The van der Waals surface area contributed by atoms with E-state index in [9.17, 15) is 37.3 Å². The summed E-state index contributed by atoms with van der Waals surface area (Å²) >= 11 is 0. The largest absolute Gasteiger partial charge is 0.507 e. The summed E-state index contributed by atoms with van der Waals surface area (Å²) < 4.78 is 72.0. The molecule has 234 valence electrons. The van der Waals surface area contributed by atoms with E-state index in [2.05, 4.69) is 15.0 Å². The summed E-state index contributed by atoms with van der Waals surface area (Å²) in [5.74, 6) is -2.15. The summed E-state index contributed by atoms with van der Waals surface area (Å²) in [4.78, 5) is 13.4. The molecule has 0 spiro atoms. The molecule has 0 saturated carbocycles. The summed E-state index contributed by atoms with van der Waals surface area (Å²) in [7, 11) is -8.83. The zero-order chi connectivity index (χ0) is 32.1. The van der Waals surface area contributed by atoms with Crippen LogP contribution in [-0.2, 0) is 20.2 Å². The van der Waals surface area contributed by atoms with Crippen molar-refractivity contribution in [3.63, 3.8) is 0 Å². The number of aromatic nitrogens is 3. The van der Waals surface area contributed by atoms with Gasteiger partial charge in [0.15, 0.2) is 17.5 Å². The van der Waals surface area contributed by atoms with E-state index >= 15 is 0 Å². The standard InChI is InChI=1S/C27H27N3O12S2/c31-17(14-43(35,36)37)12-41-19-6-8-21(23(33)10-19)26-28-25(16-4-2-1-3-5-16)29-27(30-26)22-9-7-20(11-24(22)34)42-13-18(32)15-44(38,39)40/h1-11,17-18,31-34H,12-15H2,(H,35,36,37)(H,38,39,40). The molecule has 4 rings (SSSR count). The minimum atomic E-state index is -4.42. The van der Waals surface area contributed by atoms with Crippen LogP contribution in [0.15, 0.2) is 66.7 Å². The van der Waals surface area contributed by atoms with Gasteiger partial charge in [-0.1, -0.05) is 30.3 Å². The molecule has 0 aliphatic carbocycles. The second-order valence-corrected chi connectivity index (χ2v) is 12.5. The Bertz CT molecular complexity index is 1730. The van der Waals surface area contributed by atoms with Crippen LogP contribution in [0.4, 0.5) is 0 Å². The highest BCUT2D eigenvalue weighted by Gasteiger charge is 2.20. The SMILES string of the molecule is O=S(=O)(O)CC(O)COc1ccc(-c2nc(-c3ccccc3)nc(-c3ccc(OCC(O)CS(=O)(=O)O)cc3O)n2)c(O)c1. The van der Waals surface area contributed by atoms with Crippen LogP contribution < -0.4 is 9.47 Å². The molecule has 0 aliphatic heterocycles. The van der Waals surface area contributed by atoms with Gasteiger partial charge in [0.25, 0.3) is 20.2 Å². The van der Waals surface area contributed by atoms with Crippen molar-refractivity contribution in [2.24, 2.45) is 0 Å². The maximum Gasteiger partial charge on any atom is 0.267 e. The summed E-state index contributed by atoms with van der Waals surface area (Å²) in [6.07, 6.45) is -3.03. The lowest BCUT2D eigenvalue weighted by molar-refractivity contribution is 0.123. The third kappa shape index (κ3) is 9.30. The molecule has 3 aromatic carbocycles. The minimum Gasteiger partial charge on any atom is -0.507 e. The number of rotatable bonds is 13. The quantitative estimate of drug-likeness (QED) is 0.112. The van der Waals surface area contributed by atoms with Crippen LogP contribution in [-0.4, -0.2) is 98.2 Å². The highest BCUT2D eigenvalue weighted by molar-refractivity contribution is 7.86. The van der Waals surface area contributed by atoms with Gasteiger partial charge in [0.2, 0.25) is 0 Å². The van der Waals surface area contributed by atoms with Crippen LogP contribution in [0.2, 0.25) is 0 Å². The molecule has 15 nitrogen and oxygen atoms in total. The first kappa shape index (κ1) is 32.5. The highest BCUT2D eigenvalue weighted by atomic mass is 32.2. The van der Waals surface area contributed by atoms with Crippen LogP contribution >= 0.6 is 0 Å². The van der Waals surface area contributed by atoms with Gasteiger partial charge in [-0.15, -0.1) is 0 Å². The molecular formula is C27H27N3O12S2. The van der Waals surface area contributed by atoms with Gasteiger partial charge in [-0.05, 0) is 24.3 Å². The molecule has 2 atom stereocenters. The van der Waals surface area contributed by atoms with Gasteiger partial charge in [-0.25, -0.2) is 15.0 Å². The second kappa shape index (κ2) is 13.5. The molecule has 6 N–H and O–H groups in total. The van der Waals surface area contributed by atoms with Crippen LogP contribution in [0.1, 0.15) is 0 Å². The maximum absolute atomic E-state index is 10.9. The van der Waals surface area contributed by atoms with Gasteiger partial charge >= 0.3 is 0 Å². The average Bonchev–Trinajstić information content (AvgIpc) is 2.93. The monoisotopic (exact) mass is 649 g/mol. The zero-order valence-electron chi connectivity index (χ0n) is 22.6. The van der Waals surface area contributed by atoms with Gasteiger partial charge in [-0.3, -0.25) is 9.11 Å². The molecule has 1 heterocycles.